The zero-order valence-corrected chi connectivity index (χ0v) is 19.4. The van der Waals surface area contributed by atoms with Crippen molar-refractivity contribution >= 4 is 33.9 Å². The molecule has 1 aliphatic heterocycles. The molecule has 1 aliphatic rings. The number of carbonyl (C=O) groups is 3. The number of ether oxygens (including phenoxy) is 2. The highest BCUT2D eigenvalue weighted by molar-refractivity contribution is 9.10. The van der Waals surface area contributed by atoms with Gasteiger partial charge >= 0.3 is 12.1 Å². The van der Waals surface area contributed by atoms with E-state index in [4.69, 9.17) is 9.47 Å². The van der Waals surface area contributed by atoms with Crippen molar-refractivity contribution in [2.45, 2.75) is 51.9 Å². The first-order chi connectivity index (χ1) is 14.6. The molecule has 164 valence electrons. The van der Waals surface area contributed by atoms with Crippen LogP contribution >= 0.6 is 15.9 Å². The van der Waals surface area contributed by atoms with Crippen LogP contribution in [0, 0.1) is 5.92 Å². The molecule has 0 bridgehead atoms. The van der Waals surface area contributed by atoms with Crippen LogP contribution in [0.3, 0.4) is 0 Å². The van der Waals surface area contributed by atoms with Gasteiger partial charge in [0.15, 0.2) is 0 Å². The van der Waals surface area contributed by atoms with Gasteiger partial charge in [-0.2, -0.15) is 0 Å². The summed E-state index contributed by atoms with van der Waals surface area (Å²) in [5.74, 6) is -1.54. The Bertz CT molecular complexity index is 937. The molecule has 31 heavy (non-hydrogen) atoms. The lowest BCUT2D eigenvalue weighted by Crippen LogP contribution is -2.46. The van der Waals surface area contributed by atoms with Crippen LogP contribution in [0.15, 0.2) is 59.1 Å². The lowest BCUT2D eigenvalue weighted by molar-refractivity contribution is -0.152. The van der Waals surface area contributed by atoms with Gasteiger partial charge in [0.1, 0.15) is 18.2 Å². The van der Waals surface area contributed by atoms with E-state index in [1.807, 2.05) is 54.6 Å². The summed E-state index contributed by atoms with van der Waals surface area (Å²) in [5.41, 5.74) is 0.985. The summed E-state index contributed by atoms with van der Waals surface area (Å²) >= 11 is 3.39. The van der Waals surface area contributed by atoms with Crippen LogP contribution in [-0.2, 0) is 32.1 Å². The molecule has 3 rings (SSSR count). The van der Waals surface area contributed by atoms with Gasteiger partial charge in [0.2, 0.25) is 5.91 Å². The Kier molecular flexibility index (Phi) is 7.15. The predicted molar refractivity (Wildman–Crippen MR) is 119 cm³/mol. The molecule has 0 aromatic heterocycles. The summed E-state index contributed by atoms with van der Waals surface area (Å²) in [4.78, 5) is 39.7. The minimum atomic E-state index is -1.01. The molecule has 2 aromatic carbocycles. The lowest BCUT2D eigenvalue weighted by Gasteiger charge is -2.26. The molecule has 0 radical (unpaired) electrons. The largest absolute Gasteiger partial charge is 0.459 e. The molecule has 0 saturated carbocycles. The molecule has 0 N–H and O–H groups in total. The zero-order chi connectivity index (χ0) is 22.6. The molecule has 0 aliphatic carbocycles. The predicted octanol–water partition coefficient (Wildman–Crippen LogP) is 4.89. The Labute approximate surface area is 190 Å². The fourth-order valence-corrected chi connectivity index (χ4v) is 3.72. The molecular formula is C24H26BrNO5. The third-order valence-corrected chi connectivity index (χ3v) is 5.42. The van der Waals surface area contributed by atoms with Gasteiger partial charge in [-0.25, -0.2) is 14.5 Å². The van der Waals surface area contributed by atoms with Gasteiger partial charge in [-0.3, -0.25) is 4.79 Å². The molecule has 1 fully saturated rings. The maximum Gasteiger partial charge on any atom is 0.417 e. The quantitative estimate of drug-likeness (QED) is 0.561. The second kappa shape index (κ2) is 9.64. The number of likely N-dealkylation sites (tertiary alicyclic amines) is 1. The number of nitrogens with zero attached hydrogens (tertiary/aromatic N) is 1. The van der Waals surface area contributed by atoms with E-state index in [0.29, 0.717) is 6.42 Å². The SMILES string of the molecule is CC(C)(C)OC(=O)N1C(=O)[C@@H](Cc2ccc(Br)cc2)C[C@@H]1C(=O)OCc1ccccc1. The Hall–Kier alpha value is -2.67. The molecule has 2 atom stereocenters. The standard InChI is InChI=1S/C24H26BrNO5/c1-24(2,3)31-23(29)26-20(22(28)30-15-17-7-5-4-6-8-17)14-18(21(26)27)13-16-9-11-19(25)12-10-16/h4-12,18,20H,13-15H2,1-3H3/t18-,20+/m0/s1. The number of rotatable bonds is 5. The van der Waals surface area contributed by atoms with Crippen molar-refractivity contribution < 1.29 is 23.9 Å². The molecule has 2 aromatic rings. The van der Waals surface area contributed by atoms with Gasteiger partial charge in [0.25, 0.3) is 0 Å². The average Bonchev–Trinajstić information content (AvgIpc) is 3.04. The fourth-order valence-electron chi connectivity index (χ4n) is 3.46. The fraction of sp³-hybridized carbons (Fsp3) is 0.375. The first kappa shape index (κ1) is 23.0. The van der Waals surface area contributed by atoms with E-state index in [0.717, 1.165) is 20.5 Å². The van der Waals surface area contributed by atoms with Crippen LogP contribution in [0.4, 0.5) is 4.79 Å². The van der Waals surface area contributed by atoms with Crippen LogP contribution in [-0.4, -0.2) is 34.5 Å². The van der Waals surface area contributed by atoms with Crippen molar-refractivity contribution in [2.24, 2.45) is 5.92 Å². The van der Waals surface area contributed by atoms with Gasteiger partial charge in [-0.1, -0.05) is 58.4 Å². The highest BCUT2D eigenvalue weighted by atomic mass is 79.9. The van der Waals surface area contributed by atoms with Gasteiger partial charge < -0.3 is 9.47 Å². The van der Waals surface area contributed by atoms with Crippen molar-refractivity contribution in [1.82, 2.24) is 4.90 Å². The average molecular weight is 488 g/mol. The van der Waals surface area contributed by atoms with E-state index in [9.17, 15) is 14.4 Å². The number of imide groups is 1. The lowest BCUT2D eigenvalue weighted by atomic mass is 9.96. The zero-order valence-electron chi connectivity index (χ0n) is 17.8. The third-order valence-electron chi connectivity index (χ3n) is 4.89. The second-order valence-electron chi connectivity index (χ2n) is 8.56. The maximum atomic E-state index is 13.1. The van der Waals surface area contributed by atoms with E-state index in [2.05, 4.69) is 15.9 Å². The summed E-state index contributed by atoms with van der Waals surface area (Å²) in [6.07, 6.45) is -0.201. The molecular weight excluding hydrogens is 462 g/mol. The van der Waals surface area contributed by atoms with Gasteiger partial charge in [-0.05, 0) is 56.9 Å². The Balaban J connectivity index is 1.77. The molecule has 0 unspecified atom stereocenters. The van der Waals surface area contributed by atoms with E-state index in [1.54, 1.807) is 20.8 Å². The van der Waals surface area contributed by atoms with Crippen LogP contribution in [0.1, 0.15) is 38.3 Å². The van der Waals surface area contributed by atoms with Crippen molar-refractivity contribution in [1.29, 1.82) is 0 Å². The summed E-state index contributed by atoms with van der Waals surface area (Å²) in [6.45, 7) is 5.22. The van der Waals surface area contributed by atoms with Crippen molar-refractivity contribution in [3.8, 4) is 0 Å². The summed E-state index contributed by atoms with van der Waals surface area (Å²) < 4.78 is 11.8. The maximum absolute atomic E-state index is 13.1. The first-order valence-electron chi connectivity index (χ1n) is 10.1. The number of amides is 2. The van der Waals surface area contributed by atoms with Crippen molar-refractivity contribution in [3.63, 3.8) is 0 Å². The van der Waals surface area contributed by atoms with Crippen LogP contribution in [0.2, 0.25) is 0 Å². The van der Waals surface area contributed by atoms with Gasteiger partial charge in [-0.15, -0.1) is 0 Å². The molecule has 0 spiro atoms. The third kappa shape index (κ3) is 6.17. The van der Waals surface area contributed by atoms with Crippen LogP contribution in [0.5, 0.6) is 0 Å². The van der Waals surface area contributed by atoms with Crippen molar-refractivity contribution in [2.75, 3.05) is 0 Å². The monoisotopic (exact) mass is 487 g/mol. The number of esters is 1. The molecule has 1 saturated heterocycles. The van der Waals surface area contributed by atoms with Gasteiger partial charge in [0.05, 0.1) is 0 Å². The van der Waals surface area contributed by atoms with E-state index in [-0.39, 0.29) is 13.0 Å². The number of hydrogen-bond donors (Lipinski definition) is 0. The number of benzene rings is 2. The van der Waals surface area contributed by atoms with E-state index in [1.165, 1.54) is 0 Å². The van der Waals surface area contributed by atoms with Gasteiger partial charge in [0, 0.05) is 10.4 Å². The Morgan fingerprint density at radius 1 is 1.03 bits per heavy atom. The summed E-state index contributed by atoms with van der Waals surface area (Å²) in [5, 5.41) is 0. The van der Waals surface area contributed by atoms with E-state index >= 15 is 0 Å². The van der Waals surface area contributed by atoms with Crippen molar-refractivity contribution in [3.05, 3.63) is 70.2 Å². The topological polar surface area (TPSA) is 72.9 Å². The highest BCUT2D eigenvalue weighted by Gasteiger charge is 2.48. The minimum absolute atomic E-state index is 0.0733. The van der Waals surface area contributed by atoms with E-state index < -0.39 is 35.5 Å². The van der Waals surface area contributed by atoms with Crippen LogP contribution in [0.25, 0.3) is 0 Å². The smallest absolute Gasteiger partial charge is 0.417 e. The molecule has 1 heterocycles. The first-order valence-corrected chi connectivity index (χ1v) is 10.9. The highest BCUT2D eigenvalue weighted by Crippen LogP contribution is 2.31. The molecule has 6 nitrogen and oxygen atoms in total. The second-order valence-corrected chi connectivity index (χ2v) is 9.48. The number of hydrogen-bond acceptors (Lipinski definition) is 5. The number of halogens is 1. The Morgan fingerprint density at radius 2 is 1.68 bits per heavy atom. The number of carbonyl (C=O) groups excluding carboxylic acids is 3. The summed E-state index contributed by atoms with van der Waals surface area (Å²) in [7, 11) is 0. The normalized spacial score (nSPS) is 18.7. The minimum Gasteiger partial charge on any atom is -0.459 e. The summed E-state index contributed by atoms with van der Waals surface area (Å²) in [6, 6.07) is 15.9. The Morgan fingerprint density at radius 3 is 2.29 bits per heavy atom. The molecule has 2 amide bonds. The van der Waals surface area contributed by atoms with Crippen LogP contribution < -0.4 is 0 Å². The molecule has 7 heteroatoms.